The molecule has 0 aromatic heterocycles. The molecule has 1 N–H and O–H groups in total. The van der Waals surface area contributed by atoms with Gasteiger partial charge >= 0.3 is 5.97 Å². The third-order valence-electron chi connectivity index (χ3n) is 8.50. The molecule has 0 saturated heterocycles. The number of methoxy groups -OCH3 is 2. The Bertz CT molecular complexity index is 843. The van der Waals surface area contributed by atoms with Crippen LogP contribution >= 0.6 is 0 Å². The quantitative estimate of drug-likeness (QED) is 0.155. The standard InChI is InChI=1S/C31H55NO6Si/c1-22(2)27(28(36-21-34-7)23(3)20-37-39(9,10)31(4,5)6)38-30(33)25-17-14-18-26(29(25)35-8)32-19-24-15-12-11-13-16-24/h11-13,15-16,22-23,25-29,32H,14,17-21H2,1-10H3/t23-,25+,26?,27+,28+,29+/m1/s1. The first kappa shape index (κ1) is 33.9. The van der Waals surface area contributed by atoms with Crippen molar-refractivity contribution < 1.29 is 28.2 Å². The first-order valence-corrected chi connectivity index (χ1v) is 17.5. The van der Waals surface area contributed by atoms with E-state index in [1.54, 1.807) is 14.2 Å². The molecule has 1 unspecified atom stereocenters. The van der Waals surface area contributed by atoms with Crippen LogP contribution in [0.2, 0.25) is 18.1 Å². The van der Waals surface area contributed by atoms with Gasteiger partial charge in [-0.05, 0) is 42.5 Å². The van der Waals surface area contributed by atoms with Crippen LogP contribution in [0.1, 0.15) is 66.4 Å². The summed E-state index contributed by atoms with van der Waals surface area (Å²) in [5.41, 5.74) is 1.21. The van der Waals surface area contributed by atoms with Crippen LogP contribution in [0.15, 0.2) is 30.3 Å². The predicted molar refractivity (Wildman–Crippen MR) is 159 cm³/mol. The molecule has 1 aromatic carbocycles. The van der Waals surface area contributed by atoms with E-state index in [9.17, 15) is 4.79 Å². The predicted octanol–water partition coefficient (Wildman–Crippen LogP) is 6.17. The normalized spacial score (nSPS) is 22.9. The minimum Gasteiger partial charge on any atom is -0.459 e. The molecule has 2 rings (SSSR count). The summed E-state index contributed by atoms with van der Waals surface area (Å²) < 4.78 is 30.2. The number of rotatable bonds is 15. The number of carbonyl (C=O) groups excluding carboxylic acids is 1. The Kier molecular flexibility index (Phi) is 13.6. The zero-order valence-electron chi connectivity index (χ0n) is 26.1. The molecule has 224 valence electrons. The minimum atomic E-state index is -1.94. The summed E-state index contributed by atoms with van der Waals surface area (Å²) in [5, 5.41) is 3.74. The third kappa shape index (κ3) is 9.94. The van der Waals surface area contributed by atoms with Crippen molar-refractivity contribution >= 4 is 14.3 Å². The molecule has 0 aliphatic heterocycles. The van der Waals surface area contributed by atoms with E-state index in [-0.39, 0.29) is 53.8 Å². The van der Waals surface area contributed by atoms with Crippen LogP contribution in [0, 0.1) is 17.8 Å². The van der Waals surface area contributed by atoms with Crippen LogP contribution < -0.4 is 5.32 Å². The van der Waals surface area contributed by atoms with Crippen LogP contribution in [0.4, 0.5) is 0 Å². The summed E-state index contributed by atoms with van der Waals surface area (Å²) >= 11 is 0. The van der Waals surface area contributed by atoms with E-state index < -0.39 is 14.4 Å². The first-order valence-electron chi connectivity index (χ1n) is 14.6. The molecule has 0 spiro atoms. The van der Waals surface area contributed by atoms with Gasteiger partial charge in [-0.25, -0.2) is 0 Å². The van der Waals surface area contributed by atoms with Crippen LogP contribution in [-0.2, 0) is 34.7 Å². The number of hydrogen-bond donors (Lipinski definition) is 1. The molecule has 6 atom stereocenters. The highest BCUT2D eigenvalue weighted by Gasteiger charge is 2.43. The van der Waals surface area contributed by atoms with Gasteiger partial charge in [0, 0.05) is 39.3 Å². The van der Waals surface area contributed by atoms with Crippen molar-refractivity contribution in [3.63, 3.8) is 0 Å². The summed E-state index contributed by atoms with van der Waals surface area (Å²) in [6.45, 7) is 18.9. The summed E-state index contributed by atoms with van der Waals surface area (Å²) in [6.07, 6.45) is 1.62. The fourth-order valence-corrected chi connectivity index (χ4v) is 6.11. The van der Waals surface area contributed by atoms with Crippen molar-refractivity contribution in [3.05, 3.63) is 35.9 Å². The number of nitrogens with one attached hydrogen (secondary N) is 1. The average Bonchev–Trinajstić information content (AvgIpc) is 2.89. The largest absolute Gasteiger partial charge is 0.459 e. The number of carbonyl (C=O) groups is 1. The van der Waals surface area contributed by atoms with E-state index >= 15 is 0 Å². The lowest BCUT2D eigenvalue weighted by molar-refractivity contribution is -0.188. The van der Waals surface area contributed by atoms with Crippen molar-refractivity contribution in [3.8, 4) is 0 Å². The number of benzene rings is 1. The second-order valence-corrected chi connectivity index (χ2v) is 17.8. The van der Waals surface area contributed by atoms with E-state index in [0.29, 0.717) is 6.61 Å². The second-order valence-electron chi connectivity index (χ2n) is 12.9. The molecule has 1 fully saturated rings. The van der Waals surface area contributed by atoms with Gasteiger partial charge in [0.05, 0.1) is 12.0 Å². The lowest BCUT2D eigenvalue weighted by atomic mass is 9.82. The zero-order chi connectivity index (χ0) is 29.2. The molecule has 0 heterocycles. The zero-order valence-corrected chi connectivity index (χ0v) is 27.1. The van der Waals surface area contributed by atoms with Gasteiger partial charge in [-0.2, -0.15) is 0 Å². The topological polar surface area (TPSA) is 75.2 Å². The maximum absolute atomic E-state index is 13.7. The van der Waals surface area contributed by atoms with Crippen LogP contribution in [0.25, 0.3) is 0 Å². The number of ether oxygens (including phenoxy) is 4. The molecular formula is C31H55NO6Si. The Morgan fingerprint density at radius 3 is 2.28 bits per heavy atom. The van der Waals surface area contributed by atoms with Gasteiger partial charge in [0.2, 0.25) is 0 Å². The van der Waals surface area contributed by atoms with Gasteiger partial charge in [0.25, 0.3) is 0 Å². The molecule has 8 heteroatoms. The van der Waals surface area contributed by atoms with Crippen LogP contribution in [0.3, 0.4) is 0 Å². The summed E-state index contributed by atoms with van der Waals surface area (Å²) in [6, 6.07) is 10.4. The fraction of sp³-hybridized carbons (Fsp3) is 0.774. The molecular weight excluding hydrogens is 510 g/mol. The highest BCUT2D eigenvalue weighted by molar-refractivity contribution is 6.74. The average molecular weight is 566 g/mol. The smallest absolute Gasteiger partial charge is 0.312 e. The van der Waals surface area contributed by atoms with Crippen molar-refractivity contribution in [1.29, 1.82) is 0 Å². The highest BCUT2D eigenvalue weighted by atomic mass is 28.4. The van der Waals surface area contributed by atoms with E-state index in [1.807, 2.05) is 18.2 Å². The fourth-order valence-electron chi connectivity index (χ4n) is 4.99. The molecule has 1 aliphatic carbocycles. The molecule has 0 bridgehead atoms. The summed E-state index contributed by atoms with van der Waals surface area (Å²) in [7, 11) is 1.36. The van der Waals surface area contributed by atoms with E-state index in [2.05, 4.69) is 72.1 Å². The molecule has 1 aliphatic rings. The van der Waals surface area contributed by atoms with E-state index in [1.165, 1.54) is 5.56 Å². The Morgan fingerprint density at radius 1 is 1.05 bits per heavy atom. The Morgan fingerprint density at radius 2 is 1.72 bits per heavy atom. The van der Waals surface area contributed by atoms with Crippen molar-refractivity contribution in [2.45, 2.75) is 110 Å². The van der Waals surface area contributed by atoms with Crippen molar-refractivity contribution in [2.75, 3.05) is 27.6 Å². The maximum atomic E-state index is 13.7. The summed E-state index contributed by atoms with van der Waals surface area (Å²) in [5.74, 6) is -0.475. The van der Waals surface area contributed by atoms with Crippen LogP contribution in [0.5, 0.6) is 0 Å². The highest BCUT2D eigenvalue weighted by Crippen LogP contribution is 2.37. The molecule has 1 saturated carbocycles. The van der Waals surface area contributed by atoms with Crippen molar-refractivity contribution in [1.82, 2.24) is 5.32 Å². The minimum absolute atomic E-state index is 0.0133. The Labute approximate surface area is 238 Å². The Hall–Kier alpha value is -1.29. The van der Waals surface area contributed by atoms with E-state index in [4.69, 9.17) is 23.4 Å². The second kappa shape index (κ2) is 15.6. The lowest BCUT2D eigenvalue weighted by Gasteiger charge is -2.40. The third-order valence-corrected chi connectivity index (χ3v) is 13.0. The van der Waals surface area contributed by atoms with Gasteiger partial charge < -0.3 is 28.7 Å². The van der Waals surface area contributed by atoms with Gasteiger partial charge in [-0.3, -0.25) is 4.79 Å². The van der Waals surface area contributed by atoms with Gasteiger partial charge in [-0.15, -0.1) is 0 Å². The molecule has 0 amide bonds. The molecule has 1 aromatic rings. The lowest BCUT2D eigenvalue weighted by Crippen LogP contribution is -2.52. The maximum Gasteiger partial charge on any atom is 0.312 e. The first-order chi connectivity index (χ1) is 18.3. The number of hydrogen-bond acceptors (Lipinski definition) is 7. The molecule has 39 heavy (non-hydrogen) atoms. The van der Waals surface area contributed by atoms with Gasteiger partial charge in [0.1, 0.15) is 19.0 Å². The number of esters is 1. The SMILES string of the molecule is COCO[C@@H]([C@H](C)CO[Si](C)(C)C(C)(C)C)[C@@H](OC(=O)[C@H]1CCCC(NCc2ccccc2)[C@H]1OC)C(C)C. The van der Waals surface area contributed by atoms with Gasteiger partial charge in [-0.1, -0.05) is 78.3 Å². The molecule has 0 radical (unpaired) electrons. The summed E-state index contributed by atoms with van der Waals surface area (Å²) in [4.78, 5) is 13.7. The Balaban J connectivity index is 2.14. The van der Waals surface area contributed by atoms with Crippen molar-refractivity contribution in [2.24, 2.45) is 17.8 Å². The van der Waals surface area contributed by atoms with Crippen LogP contribution in [-0.4, -0.2) is 66.3 Å². The molecule has 7 nitrogen and oxygen atoms in total. The van der Waals surface area contributed by atoms with Gasteiger partial charge in [0.15, 0.2) is 8.32 Å². The monoisotopic (exact) mass is 565 g/mol. The van der Waals surface area contributed by atoms with E-state index in [0.717, 1.165) is 25.8 Å².